The van der Waals surface area contributed by atoms with Crippen molar-refractivity contribution >= 4 is 52.3 Å². The van der Waals surface area contributed by atoms with Crippen molar-refractivity contribution in [1.82, 2.24) is 0 Å². The molecule has 1 heterocycles. The minimum atomic E-state index is -1.54. The second-order valence-electron chi connectivity index (χ2n) is 10.3. The molecule has 0 bridgehead atoms. The largest absolute Gasteiger partial charge is 0.456 e. The van der Waals surface area contributed by atoms with Gasteiger partial charge >= 0.3 is 0 Å². The molecule has 1 aromatic heterocycles. The van der Waals surface area contributed by atoms with Crippen LogP contribution in [0.4, 0.5) is 17.1 Å². The fourth-order valence-electron chi connectivity index (χ4n) is 5.03. The number of hydrogen-bond donors (Lipinski definition) is 0. The molecule has 0 N–H and O–H groups in total. The van der Waals surface area contributed by atoms with Crippen molar-refractivity contribution in [3.63, 3.8) is 0 Å². The van der Waals surface area contributed by atoms with E-state index in [0.717, 1.165) is 39.4 Å². The zero-order valence-electron chi connectivity index (χ0n) is 20.9. The van der Waals surface area contributed by atoms with Crippen LogP contribution in [0.5, 0.6) is 0 Å². The Morgan fingerprint density at radius 3 is 1.61 bits per heavy atom. The third-order valence-electron chi connectivity index (χ3n) is 6.80. The topological polar surface area (TPSA) is 16.4 Å². The third kappa shape index (κ3) is 3.92. The summed E-state index contributed by atoms with van der Waals surface area (Å²) in [5, 5.41) is 3.77. The van der Waals surface area contributed by atoms with Gasteiger partial charge in [0.05, 0.1) is 8.07 Å². The SMILES string of the molecule is C[Si](C)(C)c1cccc2c1oc1c(-c3ccc(N(c4ccccc4)c4ccccc4)cc3)cccc12. The van der Waals surface area contributed by atoms with Gasteiger partial charge in [0.15, 0.2) is 0 Å². The molecule has 6 aromatic rings. The van der Waals surface area contributed by atoms with Gasteiger partial charge in [-0.1, -0.05) is 105 Å². The zero-order valence-corrected chi connectivity index (χ0v) is 21.9. The smallest absolute Gasteiger partial charge is 0.143 e. The van der Waals surface area contributed by atoms with Crippen LogP contribution >= 0.6 is 0 Å². The highest BCUT2D eigenvalue weighted by Gasteiger charge is 2.23. The van der Waals surface area contributed by atoms with Gasteiger partial charge in [0.25, 0.3) is 0 Å². The summed E-state index contributed by atoms with van der Waals surface area (Å²) in [6, 6.07) is 42.9. The van der Waals surface area contributed by atoms with E-state index in [4.69, 9.17) is 4.42 Å². The number of nitrogens with zero attached hydrogens (tertiary/aromatic N) is 1. The molecule has 5 aromatic carbocycles. The van der Waals surface area contributed by atoms with Gasteiger partial charge in [0.1, 0.15) is 11.2 Å². The van der Waals surface area contributed by atoms with Crippen molar-refractivity contribution in [3.8, 4) is 11.1 Å². The van der Waals surface area contributed by atoms with Gasteiger partial charge in [-0.3, -0.25) is 0 Å². The molecule has 0 atom stereocenters. The van der Waals surface area contributed by atoms with Crippen LogP contribution in [-0.4, -0.2) is 8.07 Å². The fourth-order valence-corrected chi connectivity index (χ4v) is 6.49. The highest BCUT2D eigenvalue weighted by molar-refractivity contribution is 6.90. The fraction of sp³-hybridized carbons (Fsp3) is 0.0909. The predicted octanol–water partition coefficient (Wildman–Crippen LogP) is 9.27. The van der Waals surface area contributed by atoms with E-state index in [1.54, 1.807) is 0 Å². The van der Waals surface area contributed by atoms with Crippen molar-refractivity contribution in [2.45, 2.75) is 19.6 Å². The molecule has 176 valence electrons. The normalized spacial score (nSPS) is 11.8. The molecule has 0 fully saturated rings. The predicted molar refractivity (Wildman–Crippen MR) is 157 cm³/mol. The molecular formula is C33H29NOSi. The Labute approximate surface area is 213 Å². The highest BCUT2D eigenvalue weighted by atomic mass is 28.3. The van der Waals surface area contributed by atoms with Crippen LogP contribution in [-0.2, 0) is 0 Å². The van der Waals surface area contributed by atoms with E-state index in [1.807, 2.05) is 0 Å². The van der Waals surface area contributed by atoms with Crippen molar-refractivity contribution in [3.05, 3.63) is 121 Å². The Morgan fingerprint density at radius 2 is 1.03 bits per heavy atom. The molecule has 0 saturated heterocycles. The van der Waals surface area contributed by atoms with Gasteiger partial charge in [-0.25, -0.2) is 0 Å². The first-order chi connectivity index (χ1) is 17.5. The first kappa shape index (κ1) is 22.4. The molecule has 0 spiro atoms. The number of rotatable bonds is 5. The summed E-state index contributed by atoms with van der Waals surface area (Å²) in [7, 11) is -1.54. The highest BCUT2D eigenvalue weighted by Crippen LogP contribution is 2.38. The monoisotopic (exact) mass is 483 g/mol. The van der Waals surface area contributed by atoms with E-state index in [-0.39, 0.29) is 0 Å². The van der Waals surface area contributed by atoms with Gasteiger partial charge in [-0.15, -0.1) is 0 Å². The number of anilines is 3. The minimum Gasteiger partial charge on any atom is -0.456 e. The van der Waals surface area contributed by atoms with Crippen LogP contribution in [0.15, 0.2) is 126 Å². The first-order valence-electron chi connectivity index (χ1n) is 12.5. The lowest BCUT2D eigenvalue weighted by atomic mass is 10.0. The van der Waals surface area contributed by atoms with Gasteiger partial charge in [0, 0.05) is 33.4 Å². The lowest BCUT2D eigenvalue weighted by Crippen LogP contribution is -2.37. The molecule has 3 heteroatoms. The Kier molecular flexibility index (Phi) is 5.50. The summed E-state index contributed by atoms with van der Waals surface area (Å²) < 4.78 is 6.64. The number of fused-ring (bicyclic) bond motifs is 3. The molecule has 0 unspecified atom stereocenters. The molecule has 0 saturated carbocycles. The van der Waals surface area contributed by atoms with Crippen LogP contribution in [0.1, 0.15) is 0 Å². The Hall–Kier alpha value is -4.08. The van der Waals surface area contributed by atoms with Gasteiger partial charge in [-0.2, -0.15) is 0 Å². The van der Waals surface area contributed by atoms with Crippen LogP contribution in [0, 0.1) is 0 Å². The van der Waals surface area contributed by atoms with Crippen LogP contribution in [0.3, 0.4) is 0 Å². The zero-order chi connectivity index (χ0) is 24.7. The van der Waals surface area contributed by atoms with E-state index in [0.29, 0.717) is 0 Å². The van der Waals surface area contributed by atoms with Gasteiger partial charge in [0.2, 0.25) is 0 Å². The van der Waals surface area contributed by atoms with Crippen LogP contribution in [0.25, 0.3) is 33.1 Å². The number of para-hydroxylation sites is 4. The van der Waals surface area contributed by atoms with Crippen molar-refractivity contribution in [2.24, 2.45) is 0 Å². The number of furan rings is 1. The summed E-state index contributed by atoms with van der Waals surface area (Å²) in [5.74, 6) is 0. The molecule has 6 rings (SSSR count). The van der Waals surface area contributed by atoms with Crippen molar-refractivity contribution < 1.29 is 4.42 Å². The van der Waals surface area contributed by atoms with E-state index >= 15 is 0 Å². The summed E-state index contributed by atoms with van der Waals surface area (Å²) in [6.07, 6.45) is 0. The Balaban J connectivity index is 1.47. The molecule has 0 radical (unpaired) electrons. The lowest BCUT2D eigenvalue weighted by Gasteiger charge is -2.25. The first-order valence-corrected chi connectivity index (χ1v) is 16.0. The lowest BCUT2D eigenvalue weighted by molar-refractivity contribution is 0.672. The molecule has 0 aliphatic heterocycles. The second-order valence-corrected chi connectivity index (χ2v) is 15.3. The van der Waals surface area contributed by atoms with Crippen molar-refractivity contribution in [1.29, 1.82) is 0 Å². The molecule has 0 amide bonds. The van der Waals surface area contributed by atoms with Crippen LogP contribution in [0.2, 0.25) is 19.6 Å². The Bertz CT molecular complexity index is 1610. The number of benzene rings is 5. The van der Waals surface area contributed by atoms with E-state index in [2.05, 4.69) is 146 Å². The second kappa shape index (κ2) is 8.85. The minimum absolute atomic E-state index is 0.967. The van der Waals surface area contributed by atoms with Gasteiger partial charge < -0.3 is 9.32 Å². The summed E-state index contributed by atoms with van der Waals surface area (Å²) in [4.78, 5) is 2.28. The maximum Gasteiger partial charge on any atom is 0.143 e. The number of hydrogen-bond acceptors (Lipinski definition) is 2. The standard InChI is InChI=1S/C33H29NOSi/c1-36(2,3)31-19-11-18-30-29-17-10-16-28(32(29)35-33(30)31)24-20-22-27(23-21-24)34(25-12-6-4-7-13-25)26-14-8-5-9-15-26/h4-23H,1-3H3. The summed E-state index contributed by atoms with van der Waals surface area (Å²) in [5.41, 5.74) is 7.68. The molecule has 36 heavy (non-hydrogen) atoms. The quantitative estimate of drug-likeness (QED) is 0.227. The maximum absolute atomic E-state index is 6.64. The maximum atomic E-state index is 6.64. The molecule has 2 nitrogen and oxygen atoms in total. The Morgan fingerprint density at radius 1 is 0.500 bits per heavy atom. The third-order valence-corrected chi connectivity index (χ3v) is 8.81. The average molecular weight is 484 g/mol. The van der Waals surface area contributed by atoms with E-state index < -0.39 is 8.07 Å². The molecular weight excluding hydrogens is 454 g/mol. The summed E-state index contributed by atoms with van der Waals surface area (Å²) in [6.45, 7) is 7.12. The van der Waals surface area contributed by atoms with Crippen LogP contribution < -0.4 is 10.1 Å². The van der Waals surface area contributed by atoms with E-state index in [9.17, 15) is 0 Å². The molecule has 0 aliphatic carbocycles. The van der Waals surface area contributed by atoms with Crippen molar-refractivity contribution in [2.75, 3.05) is 4.90 Å². The molecule has 0 aliphatic rings. The average Bonchev–Trinajstić information content (AvgIpc) is 3.29. The van der Waals surface area contributed by atoms with Gasteiger partial charge in [-0.05, 0) is 47.1 Å². The summed E-state index contributed by atoms with van der Waals surface area (Å²) >= 11 is 0. The van der Waals surface area contributed by atoms with E-state index in [1.165, 1.54) is 16.0 Å².